The number of ether oxygens (including phenoxy) is 1. The summed E-state index contributed by atoms with van der Waals surface area (Å²) in [6.45, 7) is 0.0381. The third-order valence-electron chi connectivity index (χ3n) is 4.06. The molecule has 2 aromatic heterocycles. The second-order valence-corrected chi connectivity index (χ2v) is 5.88. The van der Waals surface area contributed by atoms with Crippen molar-refractivity contribution < 1.29 is 22.7 Å². The van der Waals surface area contributed by atoms with Crippen LogP contribution in [-0.4, -0.2) is 57.9 Å². The molecule has 3 heterocycles. The lowest BCUT2D eigenvalue weighted by molar-refractivity contribution is -0.148. The number of carbonyl (C=O) groups excluding carboxylic acids is 1. The number of esters is 1. The zero-order chi connectivity index (χ0) is 17.2. The number of piperidine rings is 1. The highest BCUT2D eigenvalue weighted by atomic mass is 19.4. The van der Waals surface area contributed by atoms with E-state index in [0.29, 0.717) is 31.6 Å². The van der Waals surface area contributed by atoms with Crippen LogP contribution in [0.3, 0.4) is 0 Å². The molecule has 0 saturated carbocycles. The first-order valence-electron chi connectivity index (χ1n) is 7.67. The number of halogens is 3. The summed E-state index contributed by atoms with van der Waals surface area (Å²) in [6, 6.07) is 1.70. The second kappa shape index (κ2) is 6.76. The van der Waals surface area contributed by atoms with E-state index in [1.807, 2.05) is 0 Å². The molecular weight excluding hydrogens is 325 g/mol. The number of nitrogens with zero attached hydrogens (tertiary/aromatic N) is 4. The van der Waals surface area contributed by atoms with Crippen LogP contribution >= 0.6 is 0 Å². The standard InChI is InChI=1S/C15H17F3N4O2/c16-15(17,18)10-21-6-2-11(3-7-21)9-24-14(23)12-8-20-22-5-1-4-19-13(12)22/h1,4-5,8,11H,2-3,6-7,9-10H2. The Labute approximate surface area is 136 Å². The van der Waals surface area contributed by atoms with Crippen molar-refractivity contribution in [3.8, 4) is 0 Å². The molecule has 6 nitrogen and oxygen atoms in total. The van der Waals surface area contributed by atoms with Crippen molar-refractivity contribution in [2.45, 2.75) is 19.0 Å². The van der Waals surface area contributed by atoms with Gasteiger partial charge < -0.3 is 4.74 Å². The summed E-state index contributed by atoms with van der Waals surface area (Å²) < 4.78 is 43.8. The predicted molar refractivity (Wildman–Crippen MR) is 78.5 cm³/mol. The third kappa shape index (κ3) is 4.02. The quantitative estimate of drug-likeness (QED) is 0.797. The van der Waals surface area contributed by atoms with Crippen LogP contribution < -0.4 is 0 Å². The second-order valence-electron chi connectivity index (χ2n) is 5.88. The smallest absolute Gasteiger partial charge is 0.401 e. The molecule has 0 aliphatic carbocycles. The van der Waals surface area contributed by atoms with Gasteiger partial charge in [-0.15, -0.1) is 0 Å². The molecule has 1 fully saturated rings. The van der Waals surface area contributed by atoms with Gasteiger partial charge in [0.15, 0.2) is 5.65 Å². The summed E-state index contributed by atoms with van der Waals surface area (Å²) in [6.07, 6.45) is 1.62. The Morgan fingerprint density at radius 1 is 1.33 bits per heavy atom. The van der Waals surface area contributed by atoms with E-state index in [2.05, 4.69) is 10.1 Å². The molecule has 130 valence electrons. The van der Waals surface area contributed by atoms with E-state index < -0.39 is 18.7 Å². The van der Waals surface area contributed by atoms with Gasteiger partial charge in [-0.3, -0.25) is 4.90 Å². The average Bonchev–Trinajstić information content (AvgIpc) is 2.96. The fourth-order valence-electron chi connectivity index (χ4n) is 2.81. The number of alkyl halides is 3. The summed E-state index contributed by atoms with van der Waals surface area (Å²) in [7, 11) is 0. The summed E-state index contributed by atoms with van der Waals surface area (Å²) in [5.74, 6) is -0.436. The lowest BCUT2D eigenvalue weighted by atomic mass is 9.98. The molecular formula is C15H17F3N4O2. The van der Waals surface area contributed by atoms with Gasteiger partial charge in [0, 0.05) is 12.4 Å². The fourth-order valence-corrected chi connectivity index (χ4v) is 2.81. The highest BCUT2D eigenvalue weighted by molar-refractivity contribution is 5.95. The number of carbonyl (C=O) groups is 1. The summed E-state index contributed by atoms with van der Waals surface area (Å²) in [5.41, 5.74) is 0.701. The van der Waals surface area contributed by atoms with Crippen LogP contribution in [0.4, 0.5) is 13.2 Å². The van der Waals surface area contributed by atoms with Crippen molar-refractivity contribution in [2.24, 2.45) is 5.92 Å². The first-order chi connectivity index (χ1) is 11.4. The lowest BCUT2D eigenvalue weighted by Gasteiger charge is -2.31. The number of fused-ring (bicyclic) bond motifs is 1. The molecule has 1 saturated heterocycles. The van der Waals surface area contributed by atoms with Crippen molar-refractivity contribution in [1.82, 2.24) is 19.5 Å². The van der Waals surface area contributed by atoms with Crippen LogP contribution in [0.15, 0.2) is 24.7 Å². The first kappa shape index (κ1) is 16.7. The first-order valence-corrected chi connectivity index (χ1v) is 7.67. The fraction of sp³-hybridized carbons (Fsp3) is 0.533. The normalized spacial score (nSPS) is 17.3. The Balaban J connectivity index is 1.49. The maximum atomic E-state index is 12.4. The Kier molecular flexibility index (Phi) is 4.70. The maximum absolute atomic E-state index is 12.4. The largest absolute Gasteiger partial charge is 0.462 e. The van der Waals surface area contributed by atoms with Gasteiger partial charge in [-0.2, -0.15) is 18.3 Å². The van der Waals surface area contributed by atoms with Crippen LogP contribution in [0.25, 0.3) is 5.65 Å². The third-order valence-corrected chi connectivity index (χ3v) is 4.06. The molecule has 0 amide bonds. The minimum Gasteiger partial charge on any atom is -0.462 e. The molecule has 24 heavy (non-hydrogen) atoms. The van der Waals surface area contributed by atoms with Crippen LogP contribution in [0.1, 0.15) is 23.2 Å². The van der Waals surface area contributed by atoms with Crippen molar-refractivity contribution in [3.63, 3.8) is 0 Å². The van der Waals surface area contributed by atoms with Gasteiger partial charge in [0.1, 0.15) is 5.56 Å². The zero-order valence-corrected chi connectivity index (χ0v) is 12.9. The molecule has 0 N–H and O–H groups in total. The van der Waals surface area contributed by atoms with Crippen molar-refractivity contribution in [2.75, 3.05) is 26.2 Å². The molecule has 3 rings (SSSR count). The molecule has 0 atom stereocenters. The topological polar surface area (TPSA) is 59.7 Å². The average molecular weight is 342 g/mol. The van der Waals surface area contributed by atoms with E-state index in [9.17, 15) is 18.0 Å². The van der Waals surface area contributed by atoms with Crippen molar-refractivity contribution in [1.29, 1.82) is 0 Å². The molecule has 1 aliphatic rings. The van der Waals surface area contributed by atoms with E-state index in [1.165, 1.54) is 15.6 Å². The number of aromatic nitrogens is 3. The van der Waals surface area contributed by atoms with Crippen molar-refractivity contribution >= 4 is 11.6 Å². The molecule has 0 spiro atoms. The predicted octanol–water partition coefficient (Wildman–Crippen LogP) is 2.16. The summed E-state index contributed by atoms with van der Waals surface area (Å²) in [5, 5.41) is 4.02. The number of hydrogen-bond acceptors (Lipinski definition) is 5. The van der Waals surface area contributed by atoms with Gasteiger partial charge in [0.05, 0.1) is 19.3 Å². The minimum atomic E-state index is -4.17. The maximum Gasteiger partial charge on any atom is 0.401 e. The van der Waals surface area contributed by atoms with Crippen LogP contribution in [-0.2, 0) is 4.74 Å². The molecule has 2 aromatic rings. The lowest BCUT2D eigenvalue weighted by Crippen LogP contribution is -2.40. The van der Waals surface area contributed by atoms with Gasteiger partial charge >= 0.3 is 12.1 Å². The molecule has 1 aliphatic heterocycles. The Hall–Kier alpha value is -2.16. The molecule has 0 unspecified atom stereocenters. The van der Waals surface area contributed by atoms with Gasteiger partial charge in [-0.25, -0.2) is 14.3 Å². The number of rotatable bonds is 4. The number of hydrogen-bond donors (Lipinski definition) is 0. The van der Waals surface area contributed by atoms with Gasteiger partial charge in [-0.05, 0) is 37.9 Å². The monoisotopic (exact) mass is 342 g/mol. The van der Waals surface area contributed by atoms with Gasteiger partial charge in [0.2, 0.25) is 0 Å². The van der Waals surface area contributed by atoms with Crippen molar-refractivity contribution in [3.05, 3.63) is 30.2 Å². The summed E-state index contributed by atoms with van der Waals surface area (Å²) in [4.78, 5) is 17.6. The van der Waals surface area contributed by atoms with Crippen LogP contribution in [0.5, 0.6) is 0 Å². The van der Waals surface area contributed by atoms with E-state index in [0.717, 1.165) is 0 Å². The van der Waals surface area contributed by atoms with E-state index in [4.69, 9.17) is 4.74 Å². The molecule has 0 radical (unpaired) electrons. The van der Waals surface area contributed by atoms with E-state index in [1.54, 1.807) is 18.5 Å². The van der Waals surface area contributed by atoms with Crippen LogP contribution in [0, 0.1) is 5.92 Å². The molecule has 0 bridgehead atoms. The van der Waals surface area contributed by atoms with E-state index in [-0.39, 0.29) is 18.1 Å². The Morgan fingerprint density at radius 3 is 2.79 bits per heavy atom. The minimum absolute atomic E-state index is 0.0771. The molecule has 9 heteroatoms. The Bertz CT molecular complexity index is 708. The van der Waals surface area contributed by atoms with Gasteiger partial charge in [0.25, 0.3) is 0 Å². The SMILES string of the molecule is O=C(OCC1CCN(CC(F)(F)F)CC1)c1cnn2cccnc12. The molecule has 0 aromatic carbocycles. The highest BCUT2D eigenvalue weighted by Gasteiger charge is 2.32. The summed E-state index contributed by atoms with van der Waals surface area (Å²) >= 11 is 0. The number of likely N-dealkylation sites (tertiary alicyclic amines) is 1. The Morgan fingerprint density at radius 2 is 2.08 bits per heavy atom. The van der Waals surface area contributed by atoms with Gasteiger partial charge in [-0.1, -0.05) is 0 Å². The zero-order valence-electron chi connectivity index (χ0n) is 12.9. The van der Waals surface area contributed by atoms with E-state index >= 15 is 0 Å². The highest BCUT2D eigenvalue weighted by Crippen LogP contribution is 2.23. The van der Waals surface area contributed by atoms with Crippen LogP contribution in [0.2, 0.25) is 0 Å².